The lowest BCUT2D eigenvalue weighted by Crippen LogP contribution is -1.79. The van der Waals surface area contributed by atoms with Gasteiger partial charge in [0.15, 0.2) is 0 Å². The third kappa shape index (κ3) is 6.18. The molecule has 0 saturated heterocycles. The zero-order valence-corrected chi connectivity index (χ0v) is 8.41. The van der Waals surface area contributed by atoms with Gasteiger partial charge in [-0.1, -0.05) is 23.3 Å². The Morgan fingerprint density at radius 3 is 2.36 bits per heavy atom. The number of halogens is 1. The molecule has 0 N–H and O–H groups in total. The van der Waals surface area contributed by atoms with Gasteiger partial charge in [0, 0.05) is 5.88 Å². The van der Waals surface area contributed by atoms with Crippen molar-refractivity contribution in [1.82, 2.24) is 0 Å². The highest BCUT2D eigenvalue weighted by Gasteiger charge is 1.87. The number of rotatable bonds is 4. The lowest BCUT2D eigenvalue weighted by Gasteiger charge is -1.96. The van der Waals surface area contributed by atoms with Gasteiger partial charge in [-0.25, -0.2) is 0 Å². The number of hydrogen-bond acceptors (Lipinski definition) is 0. The summed E-state index contributed by atoms with van der Waals surface area (Å²) in [5.41, 5.74) is 2.72. The van der Waals surface area contributed by atoms with E-state index in [0.29, 0.717) is 5.88 Å². The maximum Gasteiger partial charge on any atom is 0.0430 e. The first kappa shape index (κ1) is 10.8. The fourth-order valence-electron chi connectivity index (χ4n) is 0.745. The Hall–Kier alpha value is -0.230. The summed E-state index contributed by atoms with van der Waals surface area (Å²) >= 11 is 5.62. The van der Waals surface area contributed by atoms with Crippen LogP contribution in [-0.4, -0.2) is 5.88 Å². The molecule has 11 heavy (non-hydrogen) atoms. The molecule has 0 fully saturated rings. The van der Waals surface area contributed by atoms with Crippen molar-refractivity contribution >= 4 is 11.6 Å². The van der Waals surface area contributed by atoms with Crippen molar-refractivity contribution in [3.05, 3.63) is 23.3 Å². The Labute approximate surface area is 74.9 Å². The number of hydrogen-bond donors (Lipinski definition) is 0. The first-order valence-electron chi connectivity index (χ1n) is 4.04. The van der Waals surface area contributed by atoms with E-state index in [2.05, 4.69) is 32.9 Å². The highest BCUT2D eigenvalue weighted by Crippen LogP contribution is 2.06. The molecule has 0 heterocycles. The predicted molar refractivity (Wildman–Crippen MR) is 53.1 cm³/mol. The highest BCUT2D eigenvalue weighted by atomic mass is 35.5. The van der Waals surface area contributed by atoms with Gasteiger partial charge in [0.05, 0.1) is 0 Å². The average Bonchev–Trinajstić information content (AvgIpc) is 2.04. The average molecular weight is 173 g/mol. The van der Waals surface area contributed by atoms with Crippen LogP contribution in [-0.2, 0) is 0 Å². The van der Waals surface area contributed by atoms with Crippen LogP contribution in [0.4, 0.5) is 0 Å². The molecule has 0 bridgehead atoms. The zero-order valence-electron chi connectivity index (χ0n) is 7.65. The first-order valence-corrected chi connectivity index (χ1v) is 4.57. The molecule has 0 aliphatic carbocycles. The van der Waals surface area contributed by atoms with Crippen LogP contribution in [0, 0.1) is 0 Å². The molecule has 0 aliphatic heterocycles. The maximum absolute atomic E-state index is 5.62. The molecule has 0 aliphatic rings. The predicted octanol–water partition coefficient (Wildman–Crippen LogP) is 3.92. The Kier molecular flexibility index (Phi) is 6.34. The second-order valence-corrected chi connectivity index (χ2v) is 3.13. The molecule has 0 aromatic rings. The first-order chi connectivity index (χ1) is 5.20. The molecule has 0 aromatic carbocycles. The van der Waals surface area contributed by atoms with Gasteiger partial charge in [-0.3, -0.25) is 0 Å². The van der Waals surface area contributed by atoms with E-state index in [1.165, 1.54) is 11.1 Å². The molecule has 0 nitrogen and oxygen atoms in total. The normalized spacial score (nSPS) is 13.8. The molecular formula is C10H17Cl. The van der Waals surface area contributed by atoms with Crippen molar-refractivity contribution in [2.75, 3.05) is 5.88 Å². The largest absolute Gasteiger partial charge is 0.122 e. The van der Waals surface area contributed by atoms with Gasteiger partial charge in [-0.05, 0) is 33.6 Å². The lowest BCUT2D eigenvalue weighted by atomic mass is 10.1. The second-order valence-electron chi connectivity index (χ2n) is 2.86. The van der Waals surface area contributed by atoms with Crippen molar-refractivity contribution in [2.45, 2.75) is 33.6 Å². The van der Waals surface area contributed by atoms with E-state index < -0.39 is 0 Å². The van der Waals surface area contributed by atoms with Gasteiger partial charge in [0.2, 0.25) is 0 Å². The summed E-state index contributed by atoms with van der Waals surface area (Å²) in [5, 5.41) is 0. The monoisotopic (exact) mass is 172 g/mol. The van der Waals surface area contributed by atoms with E-state index in [4.69, 9.17) is 11.6 Å². The lowest BCUT2D eigenvalue weighted by molar-refractivity contribution is 0.964. The molecule has 1 heteroatoms. The fourth-order valence-corrected chi connectivity index (χ4v) is 0.854. The van der Waals surface area contributed by atoms with Crippen LogP contribution in [0.25, 0.3) is 0 Å². The standard InChI is InChI=1S/C10H17Cl/c1-4-9(2)6-5-7-10(3)8-11/h4,7H,5-6,8H2,1-3H3/b9-4+,10-7+. The topological polar surface area (TPSA) is 0 Å². The van der Waals surface area contributed by atoms with Crippen molar-refractivity contribution < 1.29 is 0 Å². The van der Waals surface area contributed by atoms with Gasteiger partial charge in [-0.2, -0.15) is 0 Å². The summed E-state index contributed by atoms with van der Waals surface area (Å²) in [6.07, 6.45) is 6.64. The van der Waals surface area contributed by atoms with Gasteiger partial charge in [-0.15, -0.1) is 11.6 Å². The summed E-state index contributed by atoms with van der Waals surface area (Å²) in [6, 6.07) is 0. The van der Waals surface area contributed by atoms with E-state index in [1.807, 2.05) is 0 Å². The smallest absolute Gasteiger partial charge is 0.0430 e. The Morgan fingerprint density at radius 1 is 1.27 bits per heavy atom. The van der Waals surface area contributed by atoms with Crippen molar-refractivity contribution in [3.8, 4) is 0 Å². The van der Waals surface area contributed by atoms with Crippen LogP contribution in [0.1, 0.15) is 33.6 Å². The Balaban J connectivity index is 3.56. The molecule has 0 saturated carbocycles. The molecule has 0 unspecified atom stereocenters. The minimum absolute atomic E-state index is 0.662. The molecule has 0 aromatic heterocycles. The minimum atomic E-state index is 0.662. The SMILES string of the molecule is C/C=C(\C)CC/C=C(\C)CCl. The zero-order chi connectivity index (χ0) is 8.69. The molecular weight excluding hydrogens is 156 g/mol. The van der Waals surface area contributed by atoms with Gasteiger partial charge in [0.1, 0.15) is 0 Å². The summed E-state index contributed by atoms with van der Waals surface area (Å²) in [5.74, 6) is 0.662. The van der Waals surface area contributed by atoms with E-state index >= 15 is 0 Å². The molecule has 0 rings (SSSR count). The Bertz CT molecular complexity index is 154. The number of allylic oxidation sites excluding steroid dienone is 4. The van der Waals surface area contributed by atoms with Crippen molar-refractivity contribution in [1.29, 1.82) is 0 Å². The number of alkyl halides is 1. The molecule has 0 radical (unpaired) electrons. The van der Waals surface area contributed by atoms with Gasteiger partial charge in [0.25, 0.3) is 0 Å². The van der Waals surface area contributed by atoms with Crippen LogP contribution < -0.4 is 0 Å². The third-order valence-electron chi connectivity index (χ3n) is 1.74. The van der Waals surface area contributed by atoms with Crippen LogP contribution in [0.5, 0.6) is 0 Å². The van der Waals surface area contributed by atoms with E-state index in [0.717, 1.165) is 12.8 Å². The summed E-state index contributed by atoms with van der Waals surface area (Å²) in [6.45, 7) is 6.30. The summed E-state index contributed by atoms with van der Waals surface area (Å²) in [4.78, 5) is 0. The summed E-state index contributed by atoms with van der Waals surface area (Å²) in [7, 11) is 0. The molecule has 0 atom stereocenters. The van der Waals surface area contributed by atoms with Crippen LogP contribution in [0.15, 0.2) is 23.3 Å². The molecule has 0 amide bonds. The maximum atomic E-state index is 5.62. The van der Waals surface area contributed by atoms with E-state index in [1.54, 1.807) is 0 Å². The second kappa shape index (κ2) is 6.48. The van der Waals surface area contributed by atoms with Crippen molar-refractivity contribution in [2.24, 2.45) is 0 Å². The van der Waals surface area contributed by atoms with Gasteiger partial charge < -0.3 is 0 Å². The molecule has 64 valence electrons. The third-order valence-corrected chi connectivity index (χ3v) is 2.16. The van der Waals surface area contributed by atoms with Gasteiger partial charge >= 0.3 is 0 Å². The minimum Gasteiger partial charge on any atom is -0.122 e. The summed E-state index contributed by atoms with van der Waals surface area (Å²) < 4.78 is 0. The fraction of sp³-hybridized carbons (Fsp3) is 0.600. The van der Waals surface area contributed by atoms with Crippen molar-refractivity contribution in [3.63, 3.8) is 0 Å². The highest BCUT2D eigenvalue weighted by molar-refractivity contribution is 6.19. The molecule has 0 spiro atoms. The van der Waals surface area contributed by atoms with Crippen LogP contribution in [0.3, 0.4) is 0 Å². The quantitative estimate of drug-likeness (QED) is 0.446. The van der Waals surface area contributed by atoms with Crippen LogP contribution >= 0.6 is 11.6 Å². The van der Waals surface area contributed by atoms with Crippen LogP contribution in [0.2, 0.25) is 0 Å². The van der Waals surface area contributed by atoms with E-state index in [-0.39, 0.29) is 0 Å². The Morgan fingerprint density at radius 2 is 1.91 bits per heavy atom. The van der Waals surface area contributed by atoms with E-state index in [9.17, 15) is 0 Å².